The highest BCUT2D eigenvalue weighted by Gasteiger charge is 2.55. The Kier molecular flexibility index (Phi) is 10.4. The van der Waals surface area contributed by atoms with Crippen LogP contribution >= 0.6 is 23.2 Å². The summed E-state index contributed by atoms with van der Waals surface area (Å²) in [5.74, 6) is -1.38. The number of hydrogen-bond donors (Lipinski definition) is 2. The van der Waals surface area contributed by atoms with E-state index in [4.69, 9.17) is 23.2 Å². The van der Waals surface area contributed by atoms with E-state index in [0.717, 1.165) is 36.8 Å². The smallest absolute Gasteiger partial charge is 0.304 e. The molecule has 10 heteroatoms. The van der Waals surface area contributed by atoms with Gasteiger partial charge >= 0.3 is 5.97 Å². The van der Waals surface area contributed by atoms with Crippen LogP contribution in [0.25, 0.3) is 0 Å². The molecule has 4 atom stereocenters. The number of sulfonamides is 1. The molecule has 2 N–H and O–H groups in total. The number of carbonyl (C=O) groups excluding carboxylic acids is 1. The molecule has 2 aromatic carbocycles. The summed E-state index contributed by atoms with van der Waals surface area (Å²) in [6.07, 6.45) is 4.44. The summed E-state index contributed by atoms with van der Waals surface area (Å²) in [5, 5.41) is 11.1. The first kappa shape index (κ1) is 31.8. The third-order valence-corrected chi connectivity index (χ3v) is 10.6. The van der Waals surface area contributed by atoms with Crippen molar-refractivity contribution in [3.05, 3.63) is 69.7 Å². The van der Waals surface area contributed by atoms with Crippen molar-refractivity contribution in [1.82, 2.24) is 9.62 Å². The number of rotatable bonds is 14. The second-order valence-corrected chi connectivity index (χ2v) is 14.4. The average molecular weight is 624 g/mol. The summed E-state index contributed by atoms with van der Waals surface area (Å²) in [6, 6.07) is 14.0. The monoisotopic (exact) mass is 622 g/mol. The van der Waals surface area contributed by atoms with Crippen LogP contribution in [0.2, 0.25) is 10.0 Å². The van der Waals surface area contributed by atoms with E-state index in [2.05, 4.69) is 4.72 Å². The molecule has 1 aliphatic heterocycles. The number of nitrogens with one attached hydrogen (secondary N) is 1. The summed E-state index contributed by atoms with van der Waals surface area (Å²) < 4.78 is 28.7. The number of carbonyl (C=O) groups is 2. The van der Waals surface area contributed by atoms with Crippen LogP contribution in [-0.4, -0.2) is 48.6 Å². The predicted molar refractivity (Wildman–Crippen MR) is 163 cm³/mol. The molecule has 0 spiro atoms. The highest BCUT2D eigenvalue weighted by atomic mass is 35.5. The van der Waals surface area contributed by atoms with Crippen LogP contribution in [0.4, 0.5) is 0 Å². The molecule has 1 saturated carbocycles. The maximum Gasteiger partial charge on any atom is 0.304 e. The van der Waals surface area contributed by atoms with Gasteiger partial charge in [0.1, 0.15) is 0 Å². The van der Waals surface area contributed by atoms with Crippen LogP contribution in [0, 0.1) is 11.3 Å². The molecule has 2 aromatic rings. The van der Waals surface area contributed by atoms with Gasteiger partial charge in [-0.15, -0.1) is 0 Å². The van der Waals surface area contributed by atoms with Crippen LogP contribution < -0.4 is 4.72 Å². The number of piperidine rings is 1. The fourth-order valence-corrected chi connectivity index (χ4v) is 7.80. The maximum absolute atomic E-state index is 14.7. The van der Waals surface area contributed by atoms with Gasteiger partial charge in [0.2, 0.25) is 15.9 Å². The van der Waals surface area contributed by atoms with E-state index in [-0.39, 0.29) is 36.5 Å². The average Bonchev–Trinajstić information content (AvgIpc) is 3.76. The summed E-state index contributed by atoms with van der Waals surface area (Å²) in [6.45, 7) is 3.97. The number of carboxylic acid groups (broad SMARTS) is 1. The van der Waals surface area contributed by atoms with Gasteiger partial charge in [-0.1, -0.05) is 74.2 Å². The van der Waals surface area contributed by atoms with Gasteiger partial charge in [-0.25, -0.2) is 13.1 Å². The third-order valence-electron chi connectivity index (χ3n) is 8.69. The van der Waals surface area contributed by atoms with Crippen LogP contribution in [0.5, 0.6) is 0 Å². The molecule has 1 saturated heterocycles. The number of likely N-dealkylation sites (tertiary alicyclic amines) is 1. The fourth-order valence-electron chi connectivity index (χ4n) is 6.32. The molecule has 0 aromatic heterocycles. The van der Waals surface area contributed by atoms with Crippen molar-refractivity contribution in [2.45, 2.75) is 83.2 Å². The summed E-state index contributed by atoms with van der Waals surface area (Å²) in [4.78, 5) is 28.7. The Morgan fingerprint density at radius 2 is 1.78 bits per heavy atom. The molecule has 7 nitrogen and oxygen atoms in total. The Hall–Kier alpha value is -2.13. The molecule has 1 heterocycles. The van der Waals surface area contributed by atoms with Crippen molar-refractivity contribution in [2.75, 3.05) is 12.3 Å². The zero-order valence-electron chi connectivity index (χ0n) is 23.7. The molecule has 4 rings (SSSR count). The Balaban J connectivity index is 1.84. The molecule has 0 bridgehead atoms. The van der Waals surface area contributed by atoms with E-state index in [1.165, 1.54) is 0 Å². The molecule has 41 heavy (non-hydrogen) atoms. The quantitative estimate of drug-likeness (QED) is 0.225. The van der Waals surface area contributed by atoms with E-state index >= 15 is 0 Å². The number of unbranched alkanes of at least 4 members (excludes halogenated alkanes) is 2. The number of aliphatic carboxylic acids is 1. The van der Waals surface area contributed by atoms with Gasteiger partial charge in [0, 0.05) is 28.5 Å². The zero-order valence-corrected chi connectivity index (χ0v) is 26.0. The highest BCUT2D eigenvalue weighted by molar-refractivity contribution is 7.89. The lowest BCUT2D eigenvalue weighted by Gasteiger charge is -2.53. The number of amides is 1. The first-order valence-electron chi connectivity index (χ1n) is 14.5. The lowest BCUT2D eigenvalue weighted by Crippen LogP contribution is -2.59. The molecule has 1 amide bonds. The normalized spacial score (nSPS) is 23.9. The first-order valence-corrected chi connectivity index (χ1v) is 16.9. The van der Waals surface area contributed by atoms with Gasteiger partial charge in [-0.2, -0.15) is 0 Å². The number of benzene rings is 2. The number of carboxylic acids is 1. The predicted octanol–water partition coefficient (Wildman–Crippen LogP) is 6.81. The molecule has 1 aliphatic carbocycles. The van der Waals surface area contributed by atoms with Crippen LogP contribution in [-0.2, 0) is 19.6 Å². The van der Waals surface area contributed by atoms with Gasteiger partial charge in [0.25, 0.3) is 0 Å². The molecule has 4 unspecified atom stereocenters. The fraction of sp³-hybridized carbons (Fsp3) is 0.548. The Morgan fingerprint density at radius 1 is 1.07 bits per heavy atom. The van der Waals surface area contributed by atoms with Crippen molar-refractivity contribution >= 4 is 45.1 Å². The molecule has 0 radical (unpaired) electrons. The van der Waals surface area contributed by atoms with Crippen molar-refractivity contribution < 1.29 is 23.1 Å². The van der Waals surface area contributed by atoms with E-state index < -0.39 is 33.5 Å². The van der Waals surface area contributed by atoms with Gasteiger partial charge in [-0.05, 0) is 73.4 Å². The minimum Gasteiger partial charge on any atom is -0.481 e. The molecule has 2 fully saturated rings. The molecule has 224 valence electrons. The van der Waals surface area contributed by atoms with Crippen molar-refractivity contribution in [3.8, 4) is 0 Å². The van der Waals surface area contributed by atoms with Gasteiger partial charge in [-0.3, -0.25) is 9.59 Å². The van der Waals surface area contributed by atoms with Crippen LogP contribution in [0.15, 0.2) is 48.5 Å². The van der Waals surface area contributed by atoms with E-state index in [9.17, 15) is 23.1 Å². The number of hydrogen-bond acceptors (Lipinski definition) is 4. The molecular weight excluding hydrogens is 583 g/mol. The zero-order chi connectivity index (χ0) is 29.8. The lowest BCUT2D eigenvalue weighted by molar-refractivity contribution is -0.162. The van der Waals surface area contributed by atoms with Crippen LogP contribution in [0.1, 0.15) is 88.3 Å². The van der Waals surface area contributed by atoms with Crippen molar-refractivity contribution in [3.63, 3.8) is 0 Å². The maximum atomic E-state index is 14.7. The minimum absolute atomic E-state index is 0.0375. The van der Waals surface area contributed by atoms with E-state index in [0.29, 0.717) is 29.3 Å². The molecular formula is C31H40Cl2N2O5S. The standard InChI is InChI=1S/C31H40Cl2N2O5S/c1-3-5-6-16-41(39,40)34-20-27(21-10-11-21)35-29(22-12-14-24(32)15-13-22)26(23-8-7-9-25(33)17-23)18-31(4-2,30(35)38)19-28(36)37/h7-9,12-15,17,21,26-27,29,34H,3-6,10-11,16,18-20H2,1-2H3,(H,36,37). The number of halogens is 2. The second kappa shape index (κ2) is 13.4. The highest BCUT2D eigenvalue weighted by Crippen LogP contribution is 2.55. The lowest BCUT2D eigenvalue weighted by atomic mass is 9.64. The van der Waals surface area contributed by atoms with E-state index in [1.54, 1.807) is 18.2 Å². The Morgan fingerprint density at radius 3 is 2.37 bits per heavy atom. The van der Waals surface area contributed by atoms with Gasteiger partial charge in [0.15, 0.2) is 0 Å². The summed E-state index contributed by atoms with van der Waals surface area (Å²) in [7, 11) is -3.54. The van der Waals surface area contributed by atoms with Crippen LogP contribution in [0.3, 0.4) is 0 Å². The summed E-state index contributed by atoms with van der Waals surface area (Å²) in [5.41, 5.74) is 0.631. The van der Waals surface area contributed by atoms with E-state index in [1.807, 2.05) is 49.1 Å². The SMILES string of the molecule is CCCCCS(=O)(=O)NCC(C1CC1)N1C(=O)C(CC)(CC(=O)O)CC(c2cccc(Cl)c2)C1c1ccc(Cl)cc1. The Labute approximate surface area is 253 Å². The first-order chi connectivity index (χ1) is 19.5. The second-order valence-electron chi connectivity index (χ2n) is 11.6. The summed E-state index contributed by atoms with van der Waals surface area (Å²) >= 11 is 12.7. The topological polar surface area (TPSA) is 104 Å². The van der Waals surface area contributed by atoms with Crippen molar-refractivity contribution in [1.29, 1.82) is 0 Å². The Bertz CT molecular complexity index is 1330. The minimum atomic E-state index is -3.54. The largest absolute Gasteiger partial charge is 0.481 e. The molecule has 2 aliphatic rings. The van der Waals surface area contributed by atoms with Gasteiger partial charge < -0.3 is 10.0 Å². The van der Waals surface area contributed by atoms with Crippen molar-refractivity contribution in [2.24, 2.45) is 11.3 Å². The van der Waals surface area contributed by atoms with Gasteiger partial charge in [0.05, 0.1) is 23.6 Å². The number of nitrogens with zero attached hydrogens (tertiary/aromatic N) is 1. The third kappa shape index (κ3) is 7.64.